The van der Waals surface area contributed by atoms with E-state index < -0.39 is 10.7 Å². The largest absolute Gasteiger partial charge is 0.392 e. The molecule has 0 heterocycles. The fraction of sp³-hybridized carbons (Fsp3) is 0.0769. The molecule has 0 radical (unpaired) electrons. The van der Waals surface area contributed by atoms with E-state index in [9.17, 15) is 14.5 Å². The van der Waals surface area contributed by atoms with Crippen molar-refractivity contribution in [1.82, 2.24) is 0 Å². The van der Waals surface area contributed by atoms with Gasteiger partial charge in [0.1, 0.15) is 5.82 Å². The molecule has 1 N–H and O–H groups in total. The lowest BCUT2D eigenvalue weighted by Gasteiger charge is -2.05. The smallest absolute Gasteiger partial charge is 0.284 e. The van der Waals surface area contributed by atoms with Crippen molar-refractivity contribution in [3.63, 3.8) is 0 Å². The number of nitro benzene ring substituents is 1. The Morgan fingerprint density at radius 3 is 2.50 bits per heavy atom. The van der Waals surface area contributed by atoms with Crippen LogP contribution in [0, 0.1) is 19.5 Å². The predicted molar refractivity (Wildman–Crippen MR) is 82.3 cm³/mol. The average molecular weight is 405 g/mol. The molecule has 0 saturated heterocycles. The van der Waals surface area contributed by atoms with E-state index in [2.05, 4.69) is 0 Å². The molecule has 0 aliphatic rings. The van der Waals surface area contributed by atoms with Crippen LogP contribution in [0.1, 0.15) is 5.56 Å². The molecule has 0 aromatic heterocycles. The number of nitro groups is 1. The fourth-order valence-corrected chi connectivity index (χ4v) is 2.91. The van der Waals surface area contributed by atoms with E-state index in [-0.39, 0.29) is 20.8 Å². The molecule has 0 saturated carbocycles. The summed E-state index contributed by atoms with van der Waals surface area (Å²) >= 11 is 2.84. The lowest BCUT2D eigenvalue weighted by atomic mass is 10.2. The minimum atomic E-state index is -0.522. The second-order valence-electron chi connectivity index (χ2n) is 3.90. The molecule has 0 spiro atoms. The quantitative estimate of drug-likeness (QED) is 0.475. The van der Waals surface area contributed by atoms with E-state index in [0.717, 1.165) is 22.2 Å². The topological polar surface area (TPSA) is 63.4 Å². The number of benzene rings is 2. The Morgan fingerprint density at radius 2 is 1.95 bits per heavy atom. The summed E-state index contributed by atoms with van der Waals surface area (Å²) in [7, 11) is 0. The van der Waals surface area contributed by atoms with Crippen molar-refractivity contribution in [1.29, 1.82) is 0 Å². The van der Waals surface area contributed by atoms with Gasteiger partial charge in [0.15, 0.2) is 0 Å². The molecule has 0 aliphatic heterocycles. The van der Waals surface area contributed by atoms with Crippen LogP contribution < -0.4 is 0 Å². The maximum absolute atomic E-state index is 13.6. The molecule has 0 bridgehead atoms. The zero-order chi connectivity index (χ0) is 14.7. The monoisotopic (exact) mass is 405 g/mol. The van der Waals surface area contributed by atoms with Gasteiger partial charge in [-0.25, -0.2) is 4.39 Å². The summed E-state index contributed by atoms with van der Waals surface area (Å²) in [4.78, 5) is 11.5. The summed E-state index contributed by atoms with van der Waals surface area (Å²) in [6.07, 6.45) is 0. The highest BCUT2D eigenvalue weighted by atomic mass is 127. The van der Waals surface area contributed by atoms with Crippen LogP contribution in [0.2, 0.25) is 0 Å². The van der Waals surface area contributed by atoms with Gasteiger partial charge in [-0.2, -0.15) is 0 Å². The molecule has 0 aliphatic carbocycles. The molecule has 2 aromatic carbocycles. The Morgan fingerprint density at radius 1 is 1.30 bits per heavy atom. The normalized spacial score (nSPS) is 10.6. The van der Waals surface area contributed by atoms with Gasteiger partial charge in [0.05, 0.1) is 20.0 Å². The number of aliphatic hydroxyl groups is 1. The van der Waals surface area contributed by atoms with Crippen LogP contribution in [0.4, 0.5) is 10.1 Å². The maximum Gasteiger partial charge on any atom is 0.284 e. The summed E-state index contributed by atoms with van der Waals surface area (Å²) < 4.78 is 13.8. The van der Waals surface area contributed by atoms with Gasteiger partial charge in [0, 0.05) is 11.0 Å². The van der Waals surface area contributed by atoms with Crippen LogP contribution in [0.25, 0.3) is 0 Å². The van der Waals surface area contributed by atoms with Gasteiger partial charge < -0.3 is 5.11 Å². The van der Waals surface area contributed by atoms with Crippen LogP contribution in [-0.4, -0.2) is 10.0 Å². The molecular formula is C13H9FINO3S. The predicted octanol–water partition coefficient (Wildman–Crippen LogP) is 3.98. The zero-order valence-electron chi connectivity index (χ0n) is 10.0. The van der Waals surface area contributed by atoms with Crippen molar-refractivity contribution in [2.75, 3.05) is 0 Å². The fourth-order valence-electron chi connectivity index (χ4n) is 1.53. The van der Waals surface area contributed by atoms with Crippen molar-refractivity contribution in [2.24, 2.45) is 0 Å². The highest BCUT2D eigenvalue weighted by Crippen LogP contribution is 2.36. The number of nitrogens with zero attached hydrogens (tertiary/aromatic N) is 1. The van der Waals surface area contributed by atoms with Gasteiger partial charge in [0.25, 0.3) is 5.69 Å². The lowest BCUT2D eigenvalue weighted by molar-refractivity contribution is -0.387. The van der Waals surface area contributed by atoms with E-state index in [1.54, 1.807) is 46.9 Å². The Hall–Kier alpha value is -1.19. The van der Waals surface area contributed by atoms with E-state index in [0.29, 0.717) is 0 Å². The van der Waals surface area contributed by atoms with Crippen LogP contribution in [0.5, 0.6) is 0 Å². The summed E-state index contributed by atoms with van der Waals surface area (Å²) in [5.74, 6) is -0.481. The molecule has 0 fully saturated rings. The van der Waals surface area contributed by atoms with Gasteiger partial charge in [-0.15, -0.1) is 0 Å². The number of aliphatic hydroxyl groups excluding tert-OH is 1. The van der Waals surface area contributed by atoms with Gasteiger partial charge in [0.2, 0.25) is 0 Å². The lowest BCUT2D eigenvalue weighted by Crippen LogP contribution is -1.94. The molecule has 0 atom stereocenters. The highest BCUT2D eigenvalue weighted by molar-refractivity contribution is 14.1. The van der Waals surface area contributed by atoms with Crippen molar-refractivity contribution in [3.05, 3.63) is 61.5 Å². The summed E-state index contributed by atoms with van der Waals surface area (Å²) in [6.45, 7) is -0.0662. The zero-order valence-corrected chi connectivity index (χ0v) is 13.0. The van der Waals surface area contributed by atoms with Crippen molar-refractivity contribution in [3.8, 4) is 0 Å². The molecule has 2 rings (SSSR count). The molecule has 4 nitrogen and oxygen atoms in total. The standard InChI is InChI=1S/C13H9FINO3S/c14-10-5-13(12(16(18)19)6-11(10)15)20-9-3-1-8(7-17)2-4-9/h1-6,17H,7H2. The third-order valence-electron chi connectivity index (χ3n) is 2.53. The van der Waals surface area contributed by atoms with E-state index >= 15 is 0 Å². The molecule has 0 amide bonds. The molecule has 0 unspecified atom stereocenters. The Bertz CT molecular complexity index is 649. The maximum atomic E-state index is 13.6. The number of hydrogen-bond acceptors (Lipinski definition) is 4. The van der Waals surface area contributed by atoms with Gasteiger partial charge >= 0.3 is 0 Å². The summed E-state index contributed by atoms with van der Waals surface area (Å²) in [5, 5.41) is 20.0. The first-order valence-corrected chi connectivity index (χ1v) is 7.42. The second kappa shape index (κ2) is 6.51. The van der Waals surface area contributed by atoms with Crippen LogP contribution >= 0.6 is 34.4 Å². The SMILES string of the molecule is O=[N+]([O-])c1cc(I)c(F)cc1Sc1ccc(CO)cc1. The minimum absolute atomic E-state index is 0.0662. The molecule has 2 aromatic rings. The van der Waals surface area contributed by atoms with Crippen molar-refractivity contribution in [2.45, 2.75) is 16.4 Å². The van der Waals surface area contributed by atoms with Crippen molar-refractivity contribution >= 4 is 40.0 Å². The minimum Gasteiger partial charge on any atom is -0.392 e. The number of rotatable bonds is 4. The summed E-state index contributed by atoms with van der Waals surface area (Å²) in [6, 6.07) is 9.30. The Balaban J connectivity index is 2.36. The first kappa shape index (κ1) is 15.2. The summed E-state index contributed by atoms with van der Waals surface area (Å²) in [5.41, 5.74) is 0.629. The van der Waals surface area contributed by atoms with Gasteiger partial charge in [-0.05, 0) is 46.4 Å². The van der Waals surface area contributed by atoms with Gasteiger partial charge in [-0.3, -0.25) is 10.1 Å². The first-order chi connectivity index (χ1) is 9.51. The average Bonchev–Trinajstić information content (AvgIpc) is 2.43. The van der Waals surface area contributed by atoms with E-state index in [1.807, 2.05) is 0 Å². The van der Waals surface area contributed by atoms with Crippen LogP contribution in [-0.2, 0) is 6.61 Å². The van der Waals surface area contributed by atoms with Crippen LogP contribution in [0.3, 0.4) is 0 Å². The number of halogens is 2. The van der Waals surface area contributed by atoms with E-state index in [1.165, 1.54) is 12.1 Å². The van der Waals surface area contributed by atoms with Crippen LogP contribution in [0.15, 0.2) is 46.2 Å². The highest BCUT2D eigenvalue weighted by Gasteiger charge is 2.18. The third kappa shape index (κ3) is 3.47. The van der Waals surface area contributed by atoms with Gasteiger partial charge in [-0.1, -0.05) is 23.9 Å². The van der Waals surface area contributed by atoms with Crippen molar-refractivity contribution < 1.29 is 14.4 Å². The Kier molecular flexibility index (Phi) is 4.95. The molecule has 20 heavy (non-hydrogen) atoms. The molecule has 104 valence electrons. The first-order valence-electron chi connectivity index (χ1n) is 5.52. The molecular weight excluding hydrogens is 396 g/mol. The third-order valence-corrected chi connectivity index (χ3v) is 4.41. The molecule has 7 heteroatoms. The second-order valence-corrected chi connectivity index (χ2v) is 6.17. The van der Waals surface area contributed by atoms with E-state index in [4.69, 9.17) is 5.11 Å². The number of hydrogen-bond donors (Lipinski definition) is 1. The Labute approximate surface area is 132 Å².